The Hall–Kier alpha value is -1.61. The second-order valence-corrected chi connectivity index (χ2v) is 4.22. The molecule has 0 aliphatic carbocycles. The maximum atomic E-state index is 13.3. The van der Waals surface area contributed by atoms with Gasteiger partial charge < -0.3 is 5.73 Å². The predicted octanol–water partition coefficient (Wildman–Crippen LogP) is 4.18. The maximum absolute atomic E-state index is 13.3. The molecular formula is C13H10ClF2N. The molecule has 0 fully saturated rings. The third-order valence-electron chi connectivity index (χ3n) is 2.56. The van der Waals surface area contributed by atoms with E-state index in [4.69, 9.17) is 17.3 Å². The van der Waals surface area contributed by atoms with Crippen molar-refractivity contribution in [3.05, 3.63) is 52.6 Å². The molecule has 0 saturated heterocycles. The minimum Gasteiger partial charge on any atom is -0.397 e. The molecule has 0 radical (unpaired) electrons. The fourth-order valence-electron chi connectivity index (χ4n) is 1.64. The first-order chi connectivity index (χ1) is 7.99. The Morgan fingerprint density at radius 3 is 2.47 bits per heavy atom. The molecule has 0 aliphatic rings. The van der Waals surface area contributed by atoms with E-state index in [9.17, 15) is 8.78 Å². The van der Waals surface area contributed by atoms with E-state index in [0.717, 1.165) is 6.07 Å². The van der Waals surface area contributed by atoms with E-state index in [-0.39, 0.29) is 10.8 Å². The molecule has 0 aliphatic heterocycles. The van der Waals surface area contributed by atoms with Crippen molar-refractivity contribution in [1.29, 1.82) is 0 Å². The molecule has 2 rings (SSSR count). The molecule has 0 spiro atoms. The van der Waals surface area contributed by atoms with Crippen LogP contribution in [0.1, 0.15) is 5.56 Å². The highest BCUT2D eigenvalue weighted by Gasteiger charge is 2.10. The molecule has 0 bridgehead atoms. The highest BCUT2D eigenvalue weighted by molar-refractivity contribution is 6.33. The van der Waals surface area contributed by atoms with Gasteiger partial charge in [-0.2, -0.15) is 0 Å². The Morgan fingerprint density at radius 2 is 1.82 bits per heavy atom. The summed E-state index contributed by atoms with van der Waals surface area (Å²) in [6.07, 6.45) is 0. The van der Waals surface area contributed by atoms with Crippen LogP contribution >= 0.6 is 11.6 Å². The van der Waals surface area contributed by atoms with Gasteiger partial charge in [0.1, 0.15) is 11.6 Å². The van der Waals surface area contributed by atoms with Crippen LogP contribution in [0.15, 0.2) is 30.3 Å². The zero-order chi connectivity index (χ0) is 12.6. The van der Waals surface area contributed by atoms with Gasteiger partial charge in [0.2, 0.25) is 0 Å². The van der Waals surface area contributed by atoms with Gasteiger partial charge in [-0.25, -0.2) is 8.78 Å². The lowest BCUT2D eigenvalue weighted by molar-refractivity contribution is 0.618. The summed E-state index contributed by atoms with van der Waals surface area (Å²) < 4.78 is 26.4. The SMILES string of the molecule is Cc1cc(-c2cc(F)cc(Cl)c2N)ccc1F. The molecule has 0 aromatic heterocycles. The average molecular weight is 254 g/mol. The van der Waals surface area contributed by atoms with Gasteiger partial charge in [-0.1, -0.05) is 17.7 Å². The van der Waals surface area contributed by atoms with Crippen LogP contribution in [0.3, 0.4) is 0 Å². The van der Waals surface area contributed by atoms with Gasteiger partial charge in [0.25, 0.3) is 0 Å². The van der Waals surface area contributed by atoms with Crippen LogP contribution < -0.4 is 5.73 Å². The van der Waals surface area contributed by atoms with Gasteiger partial charge in [0.05, 0.1) is 10.7 Å². The average Bonchev–Trinajstić information content (AvgIpc) is 2.27. The van der Waals surface area contributed by atoms with E-state index in [0.29, 0.717) is 22.4 Å². The number of anilines is 1. The van der Waals surface area contributed by atoms with Crippen molar-refractivity contribution in [2.45, 2.75) is 6.92 Å². The molecule has 88 valence electrons. The summed E-state index contributed by atoms with van der Waals surface area (Å²) in [6, 6.07) is 6.91. The number of rotatable bonds is 1. The first kappa shape index (κ1) is 11.9. The topological polar surface area (TPSA) is 26.0 Å². The number of halogens is 3. The summed E-state index contributed by atoms with van der Waals surface area (Å²) >= 11 is 5.80. The van der Waals surface area contributed by atoms with Crippen molar-refractivity contribution in [3.8, 4) is 11.1 Å². The zero-order valence-electron chi connectivity index (χ0n) is 9.10. The second-order valence-electron chi connectivity index (χ2n) is 3.81. The van der Waals surface area contributed by atoms with Crippen LogP contribution in [0, 0.1) is 18.6 Å². The third-order valence-corrected chi connectivity index (χ3v) is 2.88. The molecule has 0 saturated carbocycles. The van der Waals surface area contributed by atoms with E-state index < -0.39 is 5.82 Å². The van der Waals surface area contributed by atoms with Crippen molar-refractivity contribution in [2.75, 3.05) is 5.73 Å². The van der Waals surface area contributed by atoms with E-state index in [1.54, 1.807) is 19.1 Å². The quantitative estimate of drug-likeness (QED) is 0.758. The molecule has 0 unspecified atom stereocenters. The van der Waals surface area contributed by atoms with Gasteiger partial charge in [0.15, 0.2) is 0 Å². The molecule has 2 N–H and O–H groups in total. The summed E-state index contributed by atoms with van der Waals surface area (Å²) in [5.74, 6) is -0.781. The largest absolute Gasteiger partial charge is 0.397 e. The molecule has 0 atom stereocenters. The lowest BCUT2D eigenvalue weighted by atomic mass is 10.0. The molecule has 17 heavy (non-hydrogen) atoms. The van der Waals surface area contributed by atoms with Gasteiger partial charge in [-0.15, -0.1) is 0 Å². The first-order valence-corrected chi connectivity index (χ1v) is 5.38. The number of benzene rings is 2. The molecule has 1 nitrogen and oxygen atoms in total. The number of nitrogen functional groups attached to an aromatic ring is 1. The Morgan fingerprint density at radius 1 is 1.12 bits per heavy atom. The lowest BCUT2D eigenvalue weighted by Gasteiger charge is -2.09. The maximum Gasteiger partial charge on any atom is 0.126 e. The smallest absolute Gasteiger partial charge is 0.126 e. The number of hydrogen-bond donors (Lipinski definition) is 1. The van der Waals surface area contributed by atoms with Gasteiger partial charge >= 0.3 is 0 Å². The van der Waals surface area contributed by atoms with Gasteiger partial charge in [-0.3, -0.25) is 0 Å². The zero-order valence-corrected chi connectivity index (χ0v) is 9.85. The van der Waals surface area contributed by atoms with Gasteiger partial charge in [0, 0.05) is 5.56 Å². The third kappa shape index (κ3) is 2.24. The molecular weight excluding hydrogens is 244 g/mol. The number of nitrogens with two attached hydrogens (primary N) is 1. The highest BCUT2D eigenvalue weighted by atomic mass is 35.5. The van der Waals surface area contributed by atoms with Crippen LogP contribution in [0.25, 0.3) is 11.1 Å². The summed E-state index contributed by atoms with van der Waals surface area (Å²) in [7, 11) is 0. The Balaban J connectivity index is 2.64. The minimum atomic E-state index is -0.471. The minimum absolute atomic E-state index is 0.155. The Labute approximate surface area is 103 Å². The van der Waals surface area contributed by atoms with E-state index >= 15 is 0 Å². The first-order valence-electron chi connectivity index (χ1n) is 5.00. The number of hydrogen-bond acceptors (Lipinski definition) is 1. The normalized spacial score (nSPS) is 10.6. The van der Waals surface area contributed by atoms with E-state index in [1.165, 1.54) is 12.1 Å². The van der Waals surface area contributed by atoms with Gasteiger partial charge in [-0.05, 0) is 42.3 Å². The Bertz CT molecular complexity index is 582. The van der Waals surface area contributed by atoms with Crippen molar-refractivity contribution >= 4 is 17.3 Å². The van der Waals surface area contributed by atoms with Crippen molar-refractivity contribution in [3.63, 3.8) is 0 Å². The molecule has 4 heteroatoms. The summed E-state index contributed by atoms with van der Waals surface area (Å²) in [6.45, 7) is 1.63. The standard InChI is InChI=1S/C13H10ClF2N/c1-7-4-8(2-3-12(7)16)10-5-9(15)6-11(14)13(10)17/h2-6H,17H2,1H3. The van der Waals surface area contributed by atoms with Crippen molar-refractivity contribution in [1.82, 2.24) is 0 Å². The fraction of sp³-hybridized carbons (Fsp3) is 0.0769. The van der Waals surface area contributed by atoms with Crippen LogP contribution in [-0.4, -0.2) is 0 Å². The van der Waals surface area contributed by atoms with Crippen LogP contribution in [0.2, 0.25) is 5.02 Å². The highest BCUT2D eigenvalue weighted by Crippen LogP contribution is 2.33. The second kappa shape index (κ2) is 4.34. The lowest BCUT2D eigenvalue weighted by Crippen LogP contribution is -1.94. The van der Waals surface area contributed by atoms with E-state index in [1.807, 2.05) is 0 Å². The van der Waals surface area contributed by atoms with Crippen molar-refractivity contribution < 1.29 is 8.78 Å². The monoisotopic (exact) mass is 253 g/mol. The predicted molar refractivity (Wildman–Crippen MR) is 66.0 cm³/mol. The number of aryl methyl sites for hydroxylation is 1. The van der Waals surface area contributed by atoms with Crippen LogP contribution in [0.5, 0.6) is 0 Å². The van der Waals surface area contributed by atoms with Crippen LogP contribution in [-0.2, 0) is 0 Å². The van der Waals surface area contributed by atoms with Crippen molar-refractivity contribution in [2.24, 2.45) is 0 Å². The summed E-state index contributed by atoms with van der Waals surface area (Å²) in [5.41, 5.74) is 7.66. The fourth-order valence-corrected chi connectivity index (χ4v) is 1.84. The van der Waals surface area contributed by atoms with Crippen LogP contribution in [0.4, 0.5) is 14.5 Å². The van der Waals surface area contributed by atoms with E-state index in [2.05, 4.69) is 0 Å². The Kier molecular flexibility index (Phi) is 3.03. The molecule has 2 aromatic carbocycles. The summed E-state index contributed by atoms with van der Waals surface area (Å²) in [4.78, 5) is 0. The molecule has 2 aromatic rings. The molecule has 0 heterocycles. The summed E-state index contributed by atoms with van der Waals surface area (Å²) in [5, 5.41) is 0.155. The molecule has 0 amide bonds.